The Morgan fingerprint density at radius 2 is 2.19 bits per heavy atom. The monoisotopic (exact) mass is 220 g/mol. The van der Waals surface area contributed by atoms with E-state index in [4.69, 9.17) is 10.8 Å². The van der Waals surface area contributed by atoms with Gasteiger partial charge >= 0.3 is 0 Å². The largest absolute Gasteiger partial charge is 0.394 e. The number of aliphatic hydroxyl groups is 1. The number of nitrogens with zero attached hydrogens (tertiary/aromatic N) is 3. The fourth-order valence-corrected chi connectivity index (χ4v) is 1.73. The molecule has 0 radical (unpaired) electrons. The van der Waals surface area contributed by atoms with Gasteiger partial charge in [0.05, 0.1) is 19.0 Å². The Bertz CT molecular complexity index is 492. The van der Waals surface area contributed by atoms with Crippen LogP contribution in [0, 0.1) is 0 Å². The highest BCUT2D eigenvalue weighted by molar-refractivity contribution is 5.75. The molecule has 0 aliphatic carbocycles. The lowest BCUT2D eigenvalue weighted by Crippen LogP contribution is -2.15. The Hall–Kier alpha value is -1.46. The van der Waals surface area contributed by atoms with Crippen molar-refractivity contribution in [2.75, 3.05) is 6.61 Å². The Morgan fingerprint density at radius 3 is 2.81 bits per heavy atom. The van der Waals surface area contributed by atoms with Crippen LogP contribution >= 0.6 is 0 Å². The number of imidazole rings is 1. The number of pyridine rings is 1. The van der Waals surface area contributed by atoms with Gasteiger partial charge in [-0.2, -0.15) is 0 Å². The Labute approximate surface area is 93.9 Å². The van der Waals surface area contributed by atoms with Crippen LogP contribution in [-0.2, 0) is 0 Å². The SMILES string of the molecule is CC(C)n1cnc2c(C(N)CO)ccnc21. The van der Waals surface area contributed by atoms with Crippen LogP contribution in [0.5, 0.6) is 0 Å². The molecule has 0 aromatic carbocycles. The summed E-state index contributed by atoms with van der Waals surface area (Å²) in [7, 11) is 0. The van der Waals surface area contributed by atoms with Gasteiger partial charge in [-0.05, 0) is 19.9 Å². The van der Waals surface area contributed by atoms with Crippen LogP contribution in [0.1, 0.15) is 31.5 Å². The first kappa shape index (κ1) is 11.0. The topological polar surface area (TPSA) is 77.0 Å². The quantitative estimate of drug-likeness (QED) is 0.809. The number of aliphatic hydroxyl groups excluding tert-OH is 1. The van der Waals surface area contributed by atoms with E-state index in [1.54, 1.807) is 18.6 Å². The fraction of sp³-hybridized carbons (Fsp3) is 0.455. The van der Waals surface area contributed by atoms with Crippen molar-refractivity contribution in [3.05, 3.63) is 24.2 Å². The van der Waals surface area contributed by atoms with E-state index in [1.807, 2.05) is 4.57 Å². The number of hydrogen-bond acceptors (Lipinski definition) is 4. The minimum Gasteiger partial charge on any atom is -0.394 e. The number of aromatic nitrogens is 3. The number of rotatable bonds is 3. The van der Waals surface area contributed by atoms with Crippen molar-refractivity contribution in [1.29, 1.82) is 0 Å². The third-order valence-electron chi connectivity index (χ3n) is 2.64. The van der Waals surface area contributed by atoms with Crippen LogP contribution in [0.3, 0.4) is 0 Å². The summed E-state index contributed by atoms with van der Waals surface area (Å²) in [4.78, 5) is 8.62. The van der Waals surface area contributed by atoms with Gasteiger partial charge in [0.25, 0.3) is 0 Å². The minimum atomic E-state index is -0.402. The van der Waals surface area contributed by atoms with Gasteiger partial charge in [0.1, 0.15) is 5.52 Å². The van der Waals surface area contributed by atoms with Crippen molar-refractivity contribution in [2.45, 2.75) is 25.9 Å². The fourth-order valence-electron chi connectivity index (χ4n) is 1.73. The van der Waals surface area contributed by atoms with E-state index in [0.29, 0.717) is 6.04 Å². The van der Waals surface area contributed by atoms with Crippen LogP contribution in [0.2, 0.25) is 0 Å². The van der Waals surface area contributed by atoms with E-state index in [-0.39, 0.29) is 6.61 Å². The minimum absolute atomic E-state index is 0.0896. The van der Waals surface area contributed by atoms with Crippen molar-refractivity contribution in [3.8, 4) is 0 Å². The van der Waals surface area contributed by atoms with Gasteiger partial charge in [0.2, 0.25) is 0 Å². The van der Waals surface area contributed by atoms with Crippen molar-refractivity contribution in [3.63, 3.8) is 0 Å². The zero-order chi connectivity index (χ0) is 11.7. The first-order chi connectivity index (χ1) is 7.65. The lowest BCUT2D eigenvalue weighted by Gasteiger charge is -2.10. The second-order valence-electron chi connectivity index (χ2n) is 4.11. The summed E-state index contributed by atoms with van der Waals surface area (Å²) < 4.78 is 1.99. The number of fused-ring (bicyclic) bond motifs is 1. The molecular formula is C11H16N4O. The molecule has 1 atom stereocenters. The van der Waals surface area contributed by atoms with Crippen LogP contribution in [0.25, 0.3) is 11.2 Å². The molecule has 0 saturated carbocycles. The molecule has 2 aromatic rings. The predicted octanol–water partition coefficient (Wildman–Crippen LogP) is 1.00. The van der Waals surface area contributed by atoms with Gasteiger partial charge < -0.3 is 15.4 Å². The average molecular weight is 220 g/mol. The second-order valence-corrected chi connectivity index (χ2v) is 4.11. The summed E-state index contributed by atoms with van der Waals surface area (Å²) in [6.07, 6.45) is 3.46. The molecular weight excluding hydrogens is 204 g/mol. The summed E-state index contributed by atoms with van der Waals surface area (Å²) in [5.41, 5.74) is 8.25. The maximum Gasteiger partial charge on any atom is 0.160 e. The molecule has 2 aromatic heterocycles. The van der Waals surface area contributed by atoms with Gasteiger partial charge in [-0.3, -0.25) is 0 Å². The van der Waals surface area contributed by atoms with Crippen LogP contribution in [0.4, 0.5) is 0 Å². The first-order valence-electron chi connectivity index (χ1n) is 5.33. The highest BCUT2D eigenvalue weighted by Gasteiger charge is 2.14. The molecule has 0 saturated heterocycles. The summed E-state index contributed by atoms with van der Waals surface area (Å²) in [6.45, 7) is 4.05. The van der Waals surface area contributed by atoms with E-state index < -0.39 is 6.04 Å². The molecule has 86 valence electrons. The van der Waals surface area contributed by atoms with Crippen LogP contribution in [0.15, 0.2) is 18.6 Å². The lowest BCUT2D eigenvalue weighted by atomic mass is 10.1. The molecule has 5 nitrogen and oxygen atoms in total. The molecule has 3 N–H and O–H groups in total. The van der Waals surface area contributed by atoms with Gasteiger partial charge in [-0.25, -0.2) is 9.97 Å². The molecule has 0 bridgehead atoms. The molecule has 5 heteroatoms. The molecule has 0 amide bonds. The van der Waals surface area contributed by atoms with Gasteiger partial charge in [-0.1, -0.05) is 0 Å². The normalized spacial score (nSPS) is 13.6. The van der Waals surface area contributed by atoms with E-state index in [1.165, 1.54) is 0 Å². The predicted molar refractivity (Wildman–Crippen MR) is 61.9 cm³/mol. The Balaban J connectivity index is 2.62. The van der Waals surface area contributed by atoms with E-state index >= 15 is 0 Å². The number of nitrogens with two attached hydrogens (primary N) is 1. The van der Waals surface area contributed by atoms with E-state index in [2.05, 4.69) is 23.8 Å². The zero-order valence-electron chi connectivity index (χ0n) is 9.46. The summed E-state index contributed by atoms with van der Waals surface area (Å²) in [6, 6.07) is 1.71. The second kappa shape index (κ2) is 4.19. The molecule has 16 heavy (non-hydrogen) atoms. The lowest BCUT2D eigenvalue weighted by molar-refractivity contribution is 0.268. The summed E-state index contributed by atoms with van der Waals surface area (Å²) in [5.74, 6) is 0. The Morgan fingerprint density at radius 1 is 1.44 bits per heavy atom. The molecule has 1 unspecified atom stereocenters. The molecule has 2 rings (SSSR count). The summed E-state index contributed by atoms with van der Waals surface area (Å²) in [5, 5.41) is 9.08. The number of hydrogen-bond donors (Lipinski definition) is 2. The van der Waals surface area contributed by atoms with Gasteiger partial charge in [0, 0.05) is 17.8 Å². The highest BCUT2D eigenvalue weighted by atomic mass is 16.3. The van der Waals surface area contributed by atoms with E-state index in [9.17, 15) is 0 Å². The third kappa shape index (κ3) is 1.68. The van der Waals surface area contributed by atoms with Gasteiger partial charge in [0.15, 0.2) is 5.65 Å². The van der Waals surface area contributed by atoms with Crippen molar-refractivity contribution < 1.29 is 5.11 Å². The summed E-state index contributed by atoms with van der Waals surface area (Å²) >= 11 is 0. The maximum absolute atomic E-state index is 9.08. The molecule has 0 aliphatic heterocycles. The van der Waals surface area contributed by atoms with Crippen LogP contribution in [-0.4, -0.2) is 26.2 Å². The average Bonchev–Trinajstić information content (AvgIpc) is 2.71. The Kier molecular flexibility index (Phi) is 2.89. The zero-order valence-corrected chi connectivity index (χ0v) is 9.46. The smallest absolute Gasteiger partial charge is 0.160 e. The van der Waals surface area contributed by atoms with E-state index in [0.717, 1.165) is 16.7 Å². The molecule has 0 spiro atoms. The van der Waals surface area contributed by atoms with Gasteiger partial charge in [-0.15, -0.1) is 0 Å². The van der Waals surface area contributed by atoms with Crippen molar-refractivity contribution in [1.82, 2.24) is 14.5 Å². The molecule has 2 heterocycles. The standard InChI is InChI=1S/C11H16N4O/c1-7(2)15-6-14-10-8(9(12)5-16)3-4-13-11(10)15/h3-4,6-7,9,16H,5,12H2,1-2H3. The van der Waals surface area contributed by atoms with Crippen molar-refractivity contribution in [2.24, 2.45) is 5.73 Å². The maximum atomic E-state index is 9.08. The first-order valence-corrected chi connectivity index (χ1v) is 5.33. The molecule has 0 fully saturated rings. The highest BCUT2D eigenvalue weighted by Crippen LogP contribution is 2.21. The third-order valence-corrected chi connectivity index (χ3v) is 2.64. The molecule has 0 aliphatic rings. The van der Waals surface area contributed by atoms with Crippen molar-refractivity contribution >= 4 is 11.2 Å². The van der Waals surface area contributed by atoms with Crippen LogP contribution < -0.4 is 5.73 Å².